The Balaban J connectivity index is 1.54. The lowest BCUT2D eigenvalue weighted by atomic mass is 10.00. The smallest absolute Gasteiger partial charge is 0.343 e. The first kappa shape index (κ1) is 46.1. The van der Waals surface area contributed by atoms with Gasteiger partial charge in [-0.15, -0.1) is 0 Å². The average molecular weight is 903 g/mol. The largest absolute Gasteiger partial charge is 0.465 e. The maximum Gasteiger partial charge on any atom is 0.343 e. The lowest BCUT2D eigenvalue weighted by Crippen LogP contribution is -2.39. The summed E-state index contributed by atoms with van der Waals surface area (Å²) in [5.74, 6) is -3.79. The van der Waals surface area contributed by atoms with Crippen molar-refractivity contribution in [2.45, 2.75) is 119 Å². The van der Waals surface area contributed by atoms with E-state index in [1.54, 1.807) is 0 Å². The van der Waals surface area contributed by atoms with Gasteiger partial charge < -0.3 is 14.2 Å². The van der Waals surface area contributed by atoms with Gasteiger partial charge in [0.25, 0.3) is 11.8 Å². The normalized spacial score (nSPS) is 15.5. The van der Waals surface area contributed by atoms with Crippen molar-refractivity contribution in [1.29, 1.82) is 0 Å². The maximum absolute atomic E-state index is 14.6. The molecular formula is C46H50N2O9S4. The summed E-state index contributed by atoms with van der Waals surface area (Å²) in [6.07, 6.45) is 5.71. The van der Waals surface area contributed by atoms with Gasteiger partial charge in [0.2, 0.25) is 0 Å². The van der Waals surface area contributed by atoms with Gasteiger partial charge in [0.15, 0.2) is 17.3 Å². The summed E-state index contributed by atoms with van der Waals surface area (Å²) in [4.78, 5) is 85.0. The van der Waals surface area contributed by atoms with E-state index >= 15 is 0 Å². The highest BCUT2D eigenvalue weighted by atomic mass is 32.2. The summed E-state index contributed by atoms with van der Waals surface area (Å²) in [6.45, 7) is 9.51. The fourth-order valence-electron chi connectivity index (χ4n) is 7.08. The second-order valence-corrected chi connectivity index (χ2v) is 19.4. The number of carbonyl (C=O) groups excluding carboxylic acids is 6. The van der Waals surface area contributed by atoms with Crippen molar-refractivity contribution < 1.29 is 43.0 Å². The number of Topliss-reactive ketones (excluding diaryl/α,β-unsaturated/α-hetero) is 1. The number of benzene rings is 3. The van der Waals surface area contributed by atoms with E-state index in [1.165, 1.54) is 24.1 Å². The van der Waals surface area contributed by atoms with Crippen molar-refractivity contribution in [3.8, 4) is 11.5 Å². The highest BCUT2D eigenvalue weighted by Gasteiger charge is 2.47. The Morgan fingerprint density at radius 3 is 1.39 bits per heavy atom. The minimum Gasteiger partial charge on any atom is -0.465 e. The van der Waals surface area contributed by atoms with Gasteiger partial charge in [-0.2, -0.15) is 0 Å². The number of amides is 2. The topological polar surface area (TPSA) is 137 Å². The van der Waals surface area contributed by atoms with E-state index in [0.717, 1.165) is 83.9 Å². The minimum atomic E-state index is -0.828. The molecule has 0 spiro atoms. The fraction of sp³-hybridized carbons (Fsp3) is 0.391. The van der Waals surface area contributed by atoms with Gasteiger partial charge in [0, 0.05) is 0 Å². The SMILES string of the molecule is CCCCC(CC)C(=O)Oc1c2c(c(OC(=O)C(CC)CCCC)c3c1SC(=C1C(=O)N(Cc4ccccc4)N(Cc4ccccc4)C1=O)S3)SC(=C(C(C)=O)C(=O)OC)S2. The molecule has 0 saturated carbocycles. The Labute approximate surface area is 374 Å². The van der Waals surface area contributed by atoms with Gasteiger partial charge in [0.1, 0.15) is 11.1 Å². The molecule has 11 nitrogen and oxygen atoms in total. The molecule has 3 aromatic rings. The van der Waals surface area contributed by atoms with Crippen LogP contribution in [0.1, 0.15) is 97.1 Å². The van der Waals surface area contributed by atoms with Gasteiger partial charge in [-0.1, -0.05) is 161 Å². The summed E-state index contributed by atoms with van der Waals surface area (Å²) in [5, 5.41) is 2.91. The third kappa shape index (κ3) is 10.1. The van der Waals surface area contributed by atoms with Crippen LogP contribution in [0.3, 0.4) is 0 Å². The molecule has 2 amide bonds. The number of hydrogen-bond acceptors (Lipinski definition) is 13. The molecule has 15 heteroatoms. The molecule has 3 aliphatic rings. The van der Waals surface area contributed by atoms with Crippen LogP contribution in [0.25, 0.3) is 0 Å². The van der Waals surface area contributed by atoms with Crippen LogP contribution in [0.2, 0.25) is 0 Å². The fourth-order valence-corrected chi connectivity index (χ4v) is 12.7. The highest BCUT2D eigenvalue weighted by molar-refractivity contribution is 8.26. The molecule has 3 aromatic carbocycles. The average Bonchev–Trinajstić information content (AvgIpc) is 3.95. The van der Waals surface area contributed by atoms with Gasteiger partial charge in [0.05, 0.1) is 60.1 Å². The molecule has 0 aliphatic carbocycles. The number of hydrogen-bond donors (Lipinski definition) is 0. The van der Waals surface area contributed by atoms with Crippen LogP contribution in [0, 0.1) is 11.8 Å². The van der Waals surface area contributed by atoms with E-state index in [-0.39, 0.29) is 40.0 Å². The van der Waals surface area contributed by atoms with Crippen molar-refractivity contribution >= 4 is 82.6 Å². The molecule has 3 aliphatic heterocycles. The number of nitrogens with zero attached hydrogens (tertiary/aromatic N) is 2. The summed E-state index contributed by atoms with van der Waals surface area (Å²) in [7, 11) is 1.19. The molecule has 0 N–H and O–H groups in total. The zero-order valence-corrected chi connectivity index (χ0v) is 38.5. The first-order valence-electron chi connectivity index (χ1n) is 20.6. The standard InChI is InChI=1S/C46H50N2O9S4/c1-7-11-23-30(9-3)42(52)56-34-36-37(59-45(58-36)32(27(5)49)44(54)55-6)35(57-43(53)31(10-4)24-12-8-2)39-38(34)60-46(61-39)33-40(50)47(25-28-19-15-13-16-20-28)48(41(33)51)26-29-21-17-14-18-22-29/h13-22,30-31H,7-12,23-26H2,1-6H3. The first-order valence-corrected chi connectivity index (χ1v) is 23.9. The van der Waals surface area contributed by atoms with Crippen molar-refractivity contribution in [3.05, 3.63) is 91.4 Å². The second kappa shape index (κ2) is 21.1. The van der Waals surface area contributed by atoms with Gasteiger partial charge in [-0.25, -0.2) is 14.8 Å². The Morgan fingerprint density at radius 2 is 1.03 bits per heavy atom. The molecule has 1 fully saturated rings. The number of unbranched alkanes of at least 4 members (excludes halogenated alkanes) is 2. The molecule has 6 rings (SSSR count). The Bertz CT molecular complexity index is 2130. The molecule has 0 radical (unpaired) electrons. The predicted molar refractivity (Wildman–Crippen MR) is 238 cm³/mol. The number of hydrazine groups is 1. The Morgan fingerprint density at radius 1 is 0.623 bits per heavy atom. The van der Waals surface area contributed by atoms with E-state index in [0.29, 0.717) is 49.5 Å². The van der Waals surface area contributed by atoms with Crippen LogP contribution in [0.15, 0.2) is 99.9 Å². The number of thioether (sulfide) groups is 4. The maximum atomic E-state index is 14.6. The number of rotatable bonds is 18. The summed E-state index contributed by atoms with van der Waals surface area (Å²) in [6, 6.07) is 18.8. The van der Waals surface area contributed by atoms with E-state index in [1.807, 2.05) is 74.5 Å². The quantitative estimate of drug-likeness (QED) is 0.0394. The van der Waals surface area contributed by atoms with Crippen molar-refractivity contribution in [1.82, 2.24) is 10.0 Å². The predicted octanol–water partition coefficient (Wildman–Crippen LogP) is 10.5. The number of fused-ring (bicyclic) bond motifs is 2. The number of methoxy groups -OCH3 is 1. The van der Waals surface area contributed by atoms with Gasteiger partial charge in [-0.05, 0) is 43.7 Å². The van der Waals surface area contributed by atoms with Gasteiger partial charge >= 0.3 is 17.9 Å². The van der Waals surface area contributed by atoms with E-state index < -0.39 is 47.3 Å². The molecule has 61 heavy (non-hydrogen) atoms. The third-order valence-electron chi connectivity index (χ3n) is 10.6. The number of carbonyl (C=O) groups is 6. The number of ketones is 1. The monoisotopic (exact) mass is 902 g/mol. The Kier molecular flexibility index (Phi) is 15.9. The first-order chi connectivity index (χ1) is 29.4. The van der Waals surface area contributed by atoms with E-state index in [2.05, 4.69) is 13.8 Å². The van der Waals surface area contributed by atoms with Crippen LogP contribution < -0.4 is 9.47 Å². The van der Waals surface area contributed by atoms with Crippen molar-refractivity contribution in [2.24, 2.45) is 11.8 Å². The van der Waals surface area contributed by atoms with Crippen LogP contribution in [0.4, 0.5) is 0 Å². The zero-order valence-electron chi connectivity index (χ0n) is 35.2. The number of ether oxygens (including phenoxy) is 3. The molecule has 1 saturated heterocycles. The lowest BCUT2D eigenvalue weighted by Gasteiger charge is -2.27. The van der Waals surface area contributed by atoms with Gasteiger partial charge in [-0.3, -0.25) is 24.0 Å². The molecule has 2 unspecified atom stereocenters. The van der Waals surface area contributed by atoms with Crippen molar-refractivity contribution in [2.75, 3.05) is 7.11 Å². The molecule has 0 aromatic heterocycles. The van der Waals surface area contributed by atoms with E-state index in [9.17, 15) is 28.8 Å². The summed E-state index contributed by atoms with van der Waals surface area (Å²) >= 11 is 4.33. The third-order valence-corrected chi connectivity index (χ3v) is 15.8. The Hall–Kier alpha value is -4.44. The molecular weight excluding hydrogens is 853 g/mol. The van der Waals surface area contributed by atoms with Crippen LogP contribution in [-0.2, 0) is 46.6 Å². The zero-order chi connectivity index (χ0) is 43.8. The molecule has 322 valence electrons. The van der Waals surface area contributed by atoms with Crippen LogP contribution in [0.5, 0.6) is 11.5 Å². The molecule has 0 bridgehead atoms. The molecule has 3 heterocycles. The number of esters is 3. The minimum absolute atomic E-state index is 0.0537. The van der Waals surface area contributed by atoms with Crippen molar-refractivity contribution in [3.63, 3.8) is 0 Å². The second-order valence-electron chi connectivity index (χ2n) is 14.8. The summed E-state index contributed by atoms with van der Waals surface area (Å²) < 4.78 is 18.4. The molecule has 2 atom stereocenters. The highest BCUT2D eigenvalue weighted by Crippen LogP contribution is 2.69. The van der Waals surface area contributed by atoms with Crippen LogP contribution >= 0.6 is 47.0 Å². The lowest BCUT2D eigenvalue weighted by molar-refractivity contribution is -0.149. The summed E-state index contributed by atoms with van der Waals surface area (Å²) in [5.41, 5.74) is 1.43. The van der Waals surface area contributed by atoms with Crippen LogP contribution in [-0.4, -0.2) is 52.6 Å². The van der Waals surface area contributed by atoms with E-state index in [4.69, 9.17) is 14.2 Å².